The molecule has 1 N–H and O–H groups in total. The van der Waals surface area contributed by atoms with Gasteiger partial charge in [-0.1, -0.05) is 45.4 Å². The first-order chi connectivity index (χ1) is 6.62. The van der Waals surface area contributed by atoms with Gasteiger partial charge in [-0.25, -0.2) is 5.26 Å². The van der Waals surface area contributed by atoms with E-state index in [0.717, 1.165) is 19.3 Å². The zero-order valence-corrected chi connectivity index (χ0v) is 10.8. The fraction of sp³-hybridized carbons (Fsp3) is 1.00. The van der Waals surface area contributed by atoms with E-state index in [9.17, 15) is 8.42 Å². The standard InChI is InChI=1S/C9H20O4S.Cu/c1-2-3-4-5-6-7-8-9-14(11,12)13-10;/h10H,2-9H2,1H3;. The number of unbranched alkanes of at least 4 members (excludes halogenated alkanes) is 6. The molecule has 0 unspecified atom stereocenters. The van der Waals surface area contributed by atoms with Gasteiger partial charge in [0.05, 0.1) is 5.75 Å². The Balaban J connectivity index is 0. The van der Waals surface area contributed by atoms with Crippen LogP contribution >= 0.6 is 0 Å². The number of hydrogen-bond acceptors (Lipinski definition) is 4. The second kappa shape index (κ2) is 10.9. The maximum absolute atomic E-state index is 10.7. The minimum absolute atomic E-state index is 0. The van der Waals surface area contributed by atoms with Crippen molar-refractivity contribution >= 4 is 10.1 Å². The molecule has 0 aliphatic carbocycles. The summed E-state index contributed by atoms with van der Waals surface area (Å²) >= 11 is 0. The Labute approximate surface area is 103 Å². The van der Waals surface area contributed by atoms with Gasteiger partial charge in [0.15, 0.2) is 0 Å². The summed E-state index contributed by atoms with van der Waals surface area (Å²) in [6.07, 6.45) is 7.35. The van der Waals surface area contributed by atoms with E-state index in [2.05, 4.69) is 11.3 Å². The number of rotatable bonds is 9. The molecule has 0 rings (SSSR count). The Hall–Kier alpha value is 0.389. The van der Waals surface area contributed by atoms with Crippen molar-refractivity contribution in [3.63, 3.8) is 0 Å². The molecule has 0 aliphatic heterocycles. The van der Waals surface area contributed by atoms with Crippen LogP contribution in [-0.2, 0) is 31.5 Å². The first kappa shape index (κ1) is 17.8. The van der Waals surface area contributed by atoms with E-state index in [-0.39, 0.29) is 22.8 Å². The van der Waals surface area contributed by atoms with E-state index in [0.29, 0.717) is 6.42 Å². The van der Waals surface area contributed by atoms with E-state index in [1.165, 1.54) is 19.3 Å². The van der Waals surface area contributed by atoms with Crippen LogP contribution in [0.2, 0.25) is 0 Å². The van der Waals surface area contributed by atoms with Crippen molar-refractivity contribution in [2.75, 3.05) is 5.75 Å². The van der Waals surface area contributed by atoms with Gasteiger partial charge >= 0.3 is 0 Å². The molecule has 97 valence electrons. The Morgan fingerprint density at radius 1 is 1.00 bits per heavy atom. The van der Waals surface area contributed by atoms with Crippen LogP contribution in [-0.4, -0.2) is 19.4 Å². The van der Waals surface area contributed by atoms with E-state index in [4.69, 9.17) is 5.26 Å². The first-order valence-electron chi connectivity index (χ1n) is 5.18. The van der Waals surface area contributed by atoms with Crippen LogP contribution in [0.3, 0.4) is 0 Å². The molecule has 1 radical (unpaired) electrons. The summed E-state index contributed by atoms with van der Waals surface area (Å²) in [6.45, 7) is 2.16. The van der Waals surface area contributed by atoms with Gasteiger partial charge in [-0.3, -0.25) is 0 Å². The summed E-state index contributed by atoms with van der Waals surface area (Å²) in [6, 6.07) is 0. The van der Waals surface area contributed by atoms with Crippen molar-refractivity contribution < 1.29 is 35.1 Å². The molecule has 0 aromatic rings. The summed E-state index contributed by atoms with van der Waals surface area (Å²) < 4.78 is 24.7. The Morgan fingerprint density at radius 3 is 1.93 bits per heavy atom. The topological polar surface area (TPSA) is 63.6 Å². The van der Waals surface area contributed by atoms with Gasteiger partial charge < -0.3 is 0 Å². The van der Waals surface area contributed by atoms with Gasteiger partial charge in [0.25, 0.3) is 10.1 Å². The average molecular weight is 288 g/mol. The molecule has 0 atom stereocenters. The molecule has 0 saturated heterocycles. The van der Waals surface area contributed by atoms with Crippen molar-refractivity contribution in [1.82, 2.24) is 0 Å². The maximum atomic E-state index is 10.7. The van der Waals surface area contributed by atoms with Crippen LogP contribution in [0.1, 0.15) is 51.9 Å². The zero-order valence-electron chi connectivity index (χ0n) is 9.04. The van der Waals surface area contributed by atoms with Gasteiger partial charge in [-0.15, -0.1) is 4.33 Å². The summed E-state index contributed by atoms with van der Waals surface area (Å²) in [5, 5.41) is 7.98. The summed E-state index contributed by atoms with van der Waals surface area (Å²) in [5.41, 5.74) is 0. The van der Waals surface area contributed by atoms with Crippen molar-refractivity contribution in [3.05, 3.63) is 0 Å². The van der Waals surface area contributed by atoms with Crippen LogP contribution in [0, 0.1) is 0 Å². The molecule has 4 nitrogen and oxygen atoms in total. The average Bonchev–Trinajstić information content (AvgIpc) is 2.16. The zero-order chi connectivity index (χ0) is 10.9. The minimum Gasteiger partial charge on any atom is -0.235 e. The molecular formula is C9H20CuO4S. The Bertz CT molecular complexity index is 216. The van der Waals surface area contributed by atoms with Gasteiger partial charge in [0, 0.05) is 17.1 Å². The van der Waals surface area contributed by atoms with Crippen molar-refractivity contribution in [3.8, 4) is 0 Å². The third kappa shape index (κ3) is 12.3. The van der Waals surface area contributed by atoms with E-state index >= 15 is 0 Å². The van der Waals surface area contributed by atoms with E-state index in [1.807, 2.05) is 0 Å². The molecule has 6 heteroatoms. The molecule has 0 spiro atoms. The third-order valence-corrected chi connectivity index (χ3v) is 3.13. The Kier molecular flexibility index (Phi) is 12.9. The molecule has 0 fully saturated rings. The van der Waals surface area contributed by atoms with Crippen molar-refractivity contribution in [2.24, 2.45) is 0 Å². The van der Waals surface area contributed by atoms with Crippen LogP contribution < -0.4 is 0 Å². The predicted octanol–water partition coefficient (Wildman–Crippen LogP) is 2.55. The van der Waals surface area contributed by atoms with E-state index in [1.54, 1.807) is 0 Å². The molecule has 15 heavy (non-hydrogen) atoms. The molecule has 0 saturated carbocycles. The van der Waals surface area contributed by atoms with Crippen LogP contribution in [0.25, 0.3) is 0 Å². The Morgan fingerprint density at radius 2 is 1.47 bits per heavy atom. The summed E-state index contributed by atoms with van der Waals surface area (Å²) in [5.74, 6) is -0.0860. The molecule has 0 aromatic heterocycles. The van der Waals surface area contributed by atoms with Crippen LogP contribution in [0.15, 0.2) is 0 Å². The molecular weight excluding hydrogens is 268 g/mol. The monoisotopic (exact) mass is 287 g/mol. The van der Waals surface area contributed by atoms with Gasteiger partial charge in [-0.05, 0) is 6.42 Å². The quantitative estimate of drug-likeness (QED) is 0.306. The van der Waals surface area contributed by atoms with Crippen LogP contribution in [0.5, 0.6) is 0 Å². The van der Waals surface area contributed by atoms with Gasteiger partial charge in [0.2, 0.25) is 0 Å². The molecule has 0 bridgehead atoms. The van der Waals surface area contributed by atoms with Gasteiger partial charge in [-0.2, -0.15) is 8.42 Å². The smallest absolute Gasteiger partial charge is 0.235 e. The molecule has 0 aromatic carbocycles. The summed E-state index contributed by atoms with van der Waals surface area (Å²) in [4.78, 5) is 0. The SMILES string of the molecule is CCCCCCCCCS(=O)(=O)OO.[Cu]. The predicted molar refractivity (Wildman–Crippen MR) is 55.5 cm³/mol. The van der Waals surface area contributed by atoms with Crippen molar-refractivity contribution in [1.29, 1.82) is 0 Å². The van der Waals surface area contributed by atoms with E-state index < -0.39 is 10.1 Å². The molecule has 0 amide bonds. The molecule has 0 aliphatic rings. The fourth-order valence-corrected chi connectivity index (χ4v) is 1.91. The first-order valence-corrected chi connectivity index (χ1v) is 6.76. The number of hydrogen-bond donors (Lipinski definition) is 1. The van der Waals surface area contributed by atoms with Gasteiger partial charge in [0.1, 0.15) is 0 Å². The second-order valence-electron chi connectivity index (χ2n) is 3.46. The minimum atomic E-state index is -3.66. The largest absolute Gasteiger partial charge is 0.293 e. The van der Waals surface area contributed by atoms with Crippen LogP contribution in [0.4, 0.5) is 0 Å². The second-order valence-corrected chi connectivity index (χ2v) is 5.13. The van der Waals surface area contributed by atoms with Crippen molar-refractivity contribution in [2.45, 2.75) is 51.9 Å². The normalized spacial score (nSPS) is 11.1. The third-order valence-electron chi connectivity index (χ3n) is 2.11. The summed E-state index contributed by atoms with van der Waals surface area (Å²) in [7, 11) is -3.66. The molecule has 0 heterocycles. The fourth-order valence-electron chi connectivity index (χ4n) is 1.27. The maximum Gasteiger partial charge on any atom is 0.293 e.